The minimum absolute atomic E-state index is 0.162. The number of nitrogens with zero attached hydrogens (tertiary/aromatic N) is 3. The van der Waals surface area contributed by atoms with Gasteiger partial charge in [-0.1, -0.05) is 6.92 Å². The summed E-state index contributed by atoms with van der Waals surface area (Å²) in [4.78, 5) is 24.4. The van der Waals surface area contributed by atoms with Gasteiger partial charge in [0.15, 0.2) is 0 Å². The predicted molar refractivity (Wildman–Crippen MR) is 77.2 cm³/mol. The Hall–Kier alpha value is -2.09. The van der Waals surface area contributed by atoms with Gasteiger partial charge in [-0.3, -0.25) is 9.48 Å². The number of aromatic nitrogens is 2. The third kappa shape index (κ3) is 5.42. The monoisotopic (exact) mass is 298 g/mol. The summed E-state index contributed by atoms with van der Waals surface area (Å²) in [6.45, 7) is 5.10. The van der Waals surface area contributed by atoms with E-state index in [-0.39, 0.29) is 12.6 Å². The molecule has 0 radical (unpaired) electrons. The molecule has 8 nitrogen and oxygen atoms in total. The summed E-state index contributed by atoms with van der Waals surface area (Å²) in [6, 6.07) is -0.336. The fraction of sp³-hybridized carbons (Fsp3) is 0.615. The molecule has 0 spiro atoms. The highest BCUT2D eigenvalue weighted by Crippen LogP contribution is 2.08. The van der Waals surface area contributed by atoms with Crippen LogP contribution in [0.4, 0.5) is 10.5 Å². The molecule has 8 heteroatoms. The molecule has 0 aliphatic heterocycles. The summed E-state index contributed by atoms with van der Waals surface area (Å²) in [6.07, 6.45) is 3.24. The van der Waals surface area contributed by atoms with Gasteiger partial charge in [0.05, 0.1) is 31.0 Å². The number of ether oxygens (including phenoxy) is 1. The van der Waals surface area contributed by atoms with Crippen molar-refractivity contribution in [3.05, 3.63) is 12.4 Å². The molecular formula is C13H22N4O4. The van der Waals surface area contributed by atoms with Crippen molar-refractivity contribution in [2.75, 3.05) is 32.1 Å². The number of urea groups is 1. The normalized spacial score (nSPS) is 12.0. The number of carboxylic acids is 1. The summed E-state index contributed by atoms with van der Waals surface area (Å²) < 4.78 is 6.61. The SMILES string of the molecule is CCN(CC(C)C(=O)O)C(=O)Nc1cnn(CCOC)c1. The molecule has 1 unspecified atom stereocenters. The number of hydrogen-bond donors (Lipinski definition) is 2. The van der Waals surface area contributed by atoms with Crippen LogP contribution in [0.5, 0.6) is 0 Å². The molecule has 21 heavy (non-hydrogen) atoms. The zero-order valence-electron chi connectivity index (χ0n) is 12.6. The second kappa shape index (κ2) is 8.25. The maximum atomic E-state index is 12.1. The lowest BCUT2D eigenvalue weighted by molar-refractivity contribution is -0.141. The summed E-state index contributed by atoms with van der Waals surface area (Å²) in [5.41, 5.74) is 0.567. The van der Waals surface area contributed by atoms with E-state index >= 15 is 0 Å². The highest BCUT2D eigenvalue weighted by molar-refractivity contribution is 5.89. The van der Waals surface area contributed by atoms with Crippen molar-refractivity contribution in [1.29, 1.82) is 0 Å². The zero-order chi connectivity index (χ0) is 15.8. The van der Waals surface area contributed by atoms with E-state index in [0.29, 0.717) is 25.4 Å². The fourth-order valence-electron chi connectivity index (χ4n) is 1.70. The molecule has 1 atom stereocenters. The van der Waals surface area contributed by atoms with Gasteiger partial charge in [-0.2, -0.15) is 5.10 Å². The average molecular weight is 298 g/mol. The zero-order valence-corrected chi connectivity index (χ0v) is 12.6. The van der Waals surface area contributed by atoms with E-state index in [1.54, 1.807) is 38.0 Å². The van der Waals surface area contributed by atoms with E-state index < -0.39 is 11.9 Å². The third-order valence-corrected chi connectivity index (χ3v) is 2.99. The number of amides is 2. The summed E-state index contributed by atoms with van der Waals surface area (Å²) in [5.74, 6) is -1.53. The van der Waals surface area contributed by atoms with Crippen LogP contribution < -0.4 is 5.32 Å². The molecule has 0 bridgehead atoms. The van der Waals surface area contributed by atoms with E-state index in [4.69, 9.17) is 9.84 Å². The van der Waals surface area contributed by atoms with Crippen molar-refractivity contribution in [2.45, 2.75) is 20.4 Å². The standard InChI is InChI=1S/C13H22N4O4/c1-4-16(8-10(2)12(18)19)13(20)15-11-7-14-17(9-11)5-6-21-3/h7,9-10H,4-6,8H2,1-3H3,(H,15,20)(H,18,19). The van der Waals surface area contributed by atoms with Gasteiger partial charge in [0.25, 0.3) is 0 Å². The number of nitrogens with one attached hydrogen (secondary N) is 1. The van der Waals surface area contributed by atoms with E-state index in [9.17, 15) is 9.59 Å². The topological polar surface area (TPSA) is 96.7 Å². The molecule has 0 aliphatic carbocycles. The molecule has 0 aliphatic rings. The van der Waals surface area contributed by atoms with Gasteiger partial charge in [0.2, 0.25) is 0 Å². The lowest BCUT2D eigenvalue weighted by Gasteiger charge is -2.22. The molecule has 1 aromatic rings. The van der Waals surface area contributed by atoms with Crippen LogP contribution in [0.1, 0.15) is 13.8 Å². The van der Waals surface area contributed by atoms with Crippen molar-refractivity contribution in [3.63, 3.8) is 0 Å². The Bertz CT molecular complexity index is 474. The molecule has 0 saturated heterocycles. The molecule has 1 aromatic heterocycles. The first kappa shape index (κ1) is 17.0. The van der Waals surface area contributed by atoms with Gasteiger partial charge < -0.3 is 20.1 Å². The lowest BCUT2D eigenvalue weighted by Crippen LogP contribution is -2.39. The van der Waals surface area contributed by atoms with Crippen molar-refractivity contribution >= 4 is 17.7 Å². The van der Waals surface area contributed by atoms with Crippen LogP contribution in [0.25, 0.3) is 0 Å². The maximum absolute atomic E-state index is 12.1. The molecule has 118 valence electrons. The van der Waals surface area contributed by atoms with Gasteiger partial charge in [0, 0.05) is 26.4 Å². The van der Waals surface area contributed by atoms with Gasteiger partial charge in [-0.05, 0) is 6.92 Å². The maximum Gasteiger partial charge on any atom is 0.321 e. The van der Waals surface area contributed by atoms with E-state index in [1.165, 1.54) is 4.90 Å². The van der Waals surface area contributed by atoms with Crippen LogP contribution in [-0.2, 0) is 16.1 Å². The highest BCUT2D eigenvalue weighted by atomic mass is 16.5. The highest BCUT2D eigenvalue weighted by Gasteiger charge is 2.19. The van der Waals surface area contributed by atoms with Crippen LogP contribution in [0.15, 0.2) is 12.4 Å². The Kier molecular flexibility index (Phi) is 6.67. The number of carbonyl (C=O) groups excluding carboxylic acids is 1. The van der Waals surface area contributed by atoms with Crippen LogP contribution in [0, 0.1) is 5.92 Å². The van der Waals surface area contributed by atoms with E-state index in [1.807, 2.05) is 0 Å². The number of aliphatic carboxylic acids is 1. The first-order valence-electron chi connectivity index (χ1n) is 6.78. The third-order valence-electron chi connectivity index (χ3n) is 2.99. The lowest BCUT2D eigenvalue weighted by atomic mass is 10.2. The molecule has 0 aromatic carbocycles. The number of methoxy groups -OCH3 is 1. The minimum atomic E-state index is -0.923. The summed E-state index contributed by atoms with van der Waals surface area (Å²) in [5, 5.41) is 15.7. The first-order chi connectivity index (χ1) is 9.97. The average Bonchev–Trinajstić information content (AvgIpc) is 2.89. The van der Waals surface area contributed by atoms with Crippen LogP contribution in [0.2, 0.25) is 0 Å². The quantitative estimate of drug-likeness (QED) is 0.749. The molecule has 2 amide bonds. The fourth-order valence-corrected chi connectivity index (χ4v) is 1.70. The molecule has 1 heterocycles. The minimum Gasteiger partial charge on any atom is -0.481 e. The van der Waals surface area contributed by atoms with Crippen molar-refractivity contribution in [3.8, 4) is 0 Å². The van der Waals surface area contributed by atoms with Gasteiger partial charge >= 0.3 is 12.0 Å². The summed E-state index contributed by atoms with van der Waals surface area (Å²) in [7, 11) is 1.61. The van der Waals surface area contributed by atoms with Crippen molar-refractivity contribution in [1.82, 2.24) is 14.7 Å². The Balaban J connectivity index is 2.57. The Morgan fingerprint density at radius 2 is 2.29 bits per heavy atom. The largest absolute Gasteiger partial charge is 0.481 e. The summed E-state index contributed by atoms with van der Waals surface area (Å²) >= 11 is 0. The second-order valence-electron chi connectivity index (χ2n) is 4.69. The van der Waals surface area contributed by atoms with E-state index in [0.717, 1.165) is 0 Å². The Labute approximate surface area is 123 Å². The predicted octanol–water partition coefficient (Wildman–Crippen LogP) is 1.10. The Morgan fingerprint density at radius 3 is 2.86 bits per heavy atom. The molecular weight excluding hydrogens is 276 g/mol. The van der Waals surface area contributed by atoms with Crippen LogP contribution in [-0.4, -0.2) is 58.6 Å². The number of carbonyl (C=O) groups is 2. The second-order valence-corrected chi connectivity index (χ2v) is 4.69. The molecule has 2 N–H and O–H groups in total. The number of rotatable bonds is 8. The van der Waals surface area contributed by atoms with E-state index in [2.05, 4.69) is 10.4 Å². The Morgan fingerprint density at radius 1 is 1.57 bits per heavy atom. The number of anilines is 1. The van der Waals surface area contributed by atoms with Crippen molar-refractivity contribution in [2.24, 2.45) is 5.92 Å². The molecule has 1 rings (SSSR count). The number of hydrogen-bond acceptors (Lipinski definition) is 4. The van der Waals surface area contributed by atoms with Gasteiger partial charge in [-0.15, -0.1) is 0 Å². The van der Waals surface area contributed by atoms with Crippen molar-refractivity contribution < 1.29 is 19.4 Å². The van der Waals surface area contributed by atoms with Crippen LogP contribution in [0.3, 0.4) is 0 Å². The first-order valence-corrected chi connectivity index (χ1v) is 6.78. The molecule has 0 fully saturated rings. The van der Waals surface area contributed by atoms with Gasteiger partial charge in [-0.25, -0.2) is 4.79 Å². The van der Waals surface area contributed by atoms with Gasteiger partial charge in [0.1, 0.15) is 0 Å². The van der Waals surface area contributed by atoms with Crippen LogP contribution >= 0.6 is 0 Å². The molecule has 0 saturated carbocycles. The number of carboxylic acid groups (broad SMARTS) is 1. The smallest absolute Gasteiger partial charge is 0.321 e.